The number of rotatable bonds is 2. The number of hydrogen-bond donors (Lipinski definition) is 0. The standard InChI is InChI=1S/C9H8F3N3S.C2H6/c1-6-8(9(10,11)12)4-7(16-6)5-15-3-2-13-14-15;1-2/h2-4H,5H2,1H3;1-2H3. The van der Waals surface area contributed by atoms with Crippen LogP contribution in [0.25, 0.3) is 0 Å². The Hall–Kier alpha value is -1.37. The van der Waals surface area contributed by atoms with Gasteiger partial charge in [0.2, 0.25) is 0 Å². The van der Waals surface area contributed by atoms with Crippen LogP contribution in [0.1, 0.15) is 29.2 Å². The average Bonchev–Trinajstić information content (AvgIpc) is 2.91. The smallest absolute Gasteiger partial charge is 0.247 e. The third-order valence-corrected chi connectivity index (χ3v) is 3.10. The highest BCUT2D eigenvalue weighted by molar-refractivity contribution is 7.12. The van der Waals surface area contributed by atoms with Crippen molar-refractivity contribution < 1.29 is 13.2 Å². The van der Waals surface area contributed by atoms with Gasteiger partial charge in [-0.3, -0.25) is 0 Å². The first kappa shape index (κ1) is 14.7. The highest BCUT2D eigenvalue weighted by atomic mass is 32.1. The van der Waals surface area contributed by atoms with Crippen LogP contribution >= 0.6 is 11.3 Å². The van der Waals surface area contributed by atoms with Crippen LogP contribution in [0.5, 0.6) is 0 Å². The number of hydrogen-bond acceptors (Lipinski definition) is 3. The van der Waals surface area contributed by atoms with Crippen molar-refractivity contribution in [2.45, 2.75) is 33.5 Å². The lowest BCUT2D eigenvalue weighted by molar-refractivity contribution is -0.137. The van der Waals surface area contributed by atoms with E-state index in [-0.39, 0.29) is 4.88 Å². The van der Waals surface area contributed by atoms with Gasteiger partial charge in [0.25, 0.3) is 0 Å². The van der Waals surface area contributed by atoms with Crippen molar-refractivity contribution in [3.63, 3.8) is 0 Å². The van der Waals surface area contributed by atoms with E-state index in [0.717, 1.165) is 11.3 Å². The Balaban J connectivity index is 0.000000771. The molecular formula is C11H14F3N3S. The molecule has 0 saturated carbocycles. The molecule has 2 aromatic heterocycles. The number of nitrogens with zero attached hydrogens (tertiary/aromatic N) is 3. The van der Waals surface area contributed by atoms with Crippen LogP contribution in [0.3, 0.4) is 0 Å². The summed E-state index contributed by atoms with van der Waals surface area (Å²) in [6, 6.07) is 1.17. The van der Waals surface area contributed by atoms with Gasteiger partial charge in [0, 0.05) is 16.0 Å². The molecule has 100 valence electrons. The first-order chi connectivity index (χ1) is 8.47. The summed E-state index contributed by atoms with van der Waals surface area (Å²) in [6.45, 7) is 5.79. The number of thiophene rings is 1. The van der Waals surface area contributed by atoms with Crippen LogP contribution < -0.4 is 0 Å². The molecule has 2 rings (SSSR count). The molecule has 0 N–H and O–H groups in total. The van der Waals surface area contributed by atoms with Crippen molar-refractivity contribution in [1.82, 2.24) is 15.0 Å². The molecule has 0 unspecified atom stereocenters. The number of alkyl halides is 3. The topological polar surface area (TPSA) is 30.7 Å². The summed E-state index contributed by atoms with van der Waals surface area (Å²) in [4.78, 5) is 0.901. The van der Waals surface area contributed by atoms with E-state index in [1.807, 2.05) is 13.8 Å². The van der Waals surface area contributed by atoms with E-state index >= 15 is 0 Å². The van der Waals surface area contributed by atoms with Gasteiger partial charge >= 0.3 is 6.18 Å². The third kappa shape index (κ3) is 3.56. The molecule has 2 heterocycles. The molecule has 0 amide bonds. The van der Waals surface area contributed by atoms with Crippen molar-refractivity contribution >= 4 is 11.3 Å². The fourth-order valence-corrected chi connectivity index (χ4v) is 2.43. The largest absolute Gasteiger partial charge is 0.417 e. The van der Waals surface area contributed by atoms with Crippen LogP contribution in [0.2, 0.25) is 0 Å². The first-order valence-electron chi connectivity index (χ1n) is 5.47. The SMILES string of the molecule is CC.Cc1sc(Cn2ccnn2)cc1C(F)(F)F. The highest BCUT2D eigenvalue weighted by Crippen LogP contribution is 2.36. The summed E-state index contributed by atoms with van der Waals surface area (Å²) < 4.78 is 39.0. The minimum atomic E-state index is -4.28. The predicted molar refractivity (Wildman–Crippen MR) is 64.5 cm³/mol. The van der Waals surface area contributed by atoms with E-state index in [1.165, 1.54) is 23.9 Å². The molecule has 0 spiro atoms. The second kappa shape index (κ2) is 5.99. The number of aryl methyl sites for hydroxylation is 1. The Kier molecular flexibility index (Phi) is 4.89. The molecule has 0 aliphatic rings. The van der Waals surface area contributed by atoms with E-state index in [1.54, 1.807) is 6.20 Å². The van der Waals surface area contributed by atoms with Gasteiger partial charge in [0.05, 0.1) is 18.3 Å². The molecule has 3 nitrogen and oxygen atoms in total. The second-order valence-electron chi connectivity index (χ2n) is 3.28. The van der Waals surface area contributed by atoms with Crippen molar-refractivity contribution in [2.75, 3.05) is 0 Å². The number of halogens is 3. The molecule has 2 aromatic rings. The van der Waals surface area contributed by atoms with Crippen LogP contribution in [0, 0.1) is 6.92 Å². The lowest BCUT2D eigenvalue weighted by Gasteiger charge is -2.03. The zero-order valence-electron chi connectivity index (χ0n) is 10.3. The molecule has 0 bridgehead atoms. The normalized spacial score (nSPS) is 11.0. The molecule has 0 aromatic carbocycles. The molecule has 0 fully saturated rings. The summed E-state index contributed by atoms with van der Waals surface area (Å²) in [6.07, 6.45) is -1.17. The Morgan fingerprint density at radius 2 is 2.00 bits per heavy atom. The van der Waals surface area contributed by atoms with Crippen molar-refractivity contribution in [3.8, 4) is 0 Å². The Labute approximate surface area is 107 Å². The van der Waals surface area contributed by atoms with Gasteiger partial charge < -0.3 is 0 Å². The maximum atomic E-state index is 12.5. The van der Waals surface area contributed by atoms with Gasteiger partial charge in [-0.25, -0.2) is 4.68 Å². The highest BCUT2D eigenvalue weighted by Gasteiger charge is 2.33. The number of aromatic nitrogens is 3. The van der Waals surface area contributed by atoms with Crippen molar-refractivity contribution in [3.05, 3.63) is 33.8 Å². The Bertz CT molecular complexity index is 474. The predicted octanol–water partition coefficient (Wildman–Crippen LogP) is 3.74. The monoisotopic (exact) mass is 277 g/mol. The molecule has 0 aliphatic carbocycles. The summed E-state index contributed by atoms with van der Waals surface area (Å²) in [5, 5.41) is 7.30. The maximum absolute atomic E-state index is 12.5. The van der Waals surface area contributed by atoms with Crippen LogP contribution in [0.15, 0.2) is 18.5 Å². The Morgan fingerprint density at radius 1 is 1.33 bits per heavy atom. The van der Waals surface area contributed by atoms with Crippen molar-refractivity contribution in [2.24, 2.45) is 0 Å². The van der Waals surface area contributed by atoms with Gasteiger partial charge in [-0.05, 0) is 13.0 Å². The Morgan fingerprint density at radius 3 is 2.44 bits per heavy atom. The van der Waals surface area contributed by atoms with Crippen LogP contribution in [-0.2, 0) is 12.7 Å². The lowest BCUT2D eigenvalue weighted by atomic mass is 10.2. The van der Waals surface area contributed by atoms with Gasteiger partial charge in [-0.1, -0.05) is 19.1 Å². The summed E-state index contributed by atoms with van der Waals surface area (Å²) >= 11 is 1.13. The van der Waals surface area contributed by atoms with E-state index < -0.39 is 11.7 Å². The molecule has 18 heavy (non-hydrogen) atoms. The van der Waals surface area contributed by atoms with Gasteiger partial charge in [0.1, 0.15) is 0 Å². The van der Waals surface area contributed by atoms with Crippen LogP contribution in [-0.4, -0.2) is 15.0 Å². The fraction of sp³-hybridized carbons (Fsp3) is 0.455. The zero-order valence-corrected chi connectivity index (χ0v) is 11.1. The van der Waals surface area contributed by atoms with E-state index in [4.69, 9.17) is 0 Å². The molecule has 0 radical (unpaired) electrons. The quantitative estimate of drug-likeness (QED) is 0.837. The average molecular weight is 277 g/mol. The molecule has 7 heteroatoms. The van der Waals surface area contributed by atoms with E-state index in [2.05, 4.69) is 10.3 Å². The summed E-state index contributed by atoms with van der Waals surface area (Å²) in [5.74, 6) is 0. The summed E-state index contributed by atoms with van der Waals surface area (Å²) in [7, 11) is 0. The van der Waals surface area contributed by atoms with E-state index in [0.29, 0.717) is 11.4 Å². The van der Waals surface area contributed by atoms with E-state index in [9.17, 15) is 13.2 Å². The summed E-state index contributed by atoms with van der Waals surface area (Å²) in [5.41, 5.74) is -0.562. The molecule has 0 saturated heterocycles. The molecular weight excluding hydrogens is 263 g/mol. The fourth-order valence-electron chi connectivity index (χ4n) is 1.38. The molecule has 0 aliphatic heterocycles. The van der Waals surface area contributed by atoms with Gasteiger partial charge in [-0.2, -0.15) is 13.2 Å². The molecule has 0 atom stereocenters. The minimum Gasteiger partial charge on any atom is -0.247 e. The van der Waals surface area contributed by atoms with Crippen molar-refractivity contribution in [1.29, 1.82) is 0 Å². The van der Waals surface area contributed by atoms with Crippen LogP contribution in [0.4, 0.5) is 13.2 Å². The first-order valence-corrected chi connectivity index (χ1v) is 6.29. The lowest BCUT2D eigenvalue weighted by Crippen LogP contribution is -2.04. The minimum absolute atomic E-state index is 0.280. The van der Waals surface area contributed by atoms with Gasteiger partial charge in [0.15, 0.2) is 0 Å². The third-order valence-electron chi connectivity index (χ3n) is 2.06. The maximum Gasteiger partial charge on any atom is 0.417 e. The van der Waals surface area contributed by atoms with Gasteiger partial charge in [-0.15, -0.1) is 16.4 Å². The zero-order chi connectivity index (χ0) is 13.8. The second-order valence-corrected chi connectivity index (χ2v) is 4.62.